The molecular formula is C6H9F4N. The van der Waals surface area contributed by atoms with Crippen molar-refractivity contribution in [2.75, 3.05) is 6.54 Å². The Kier molecular flexibility index (Phi) is 2.37. The van der Waals surface area contributed by atoms with E-state index in [0.29, 0.717) is 0 Å². The van der Waals surface area contributed by atoms with Crippen molar-refractivity contribution in [3.05, 3.63) is 0 Å². The van der Waals surface area contributed by atoms with Crippen molar-refractivity contribution in [1.29, 1.82) is 0 Å². The quantitative estimate of drug-likeness (QED) is 0.546. The number of alkyl halides is 4. The Morgan fingerprint density at radius 2 is 1.91 bits per heavy atom. The molecule has 0 aromatic carbocycles. The predicted octanol–water partition coefficient (Wildman–Crippen LogP) is 1.64. The first-order chi connectivity index (χ1) is 5.00. The molecule has 66 valence electrons. The van der Waals surface area contributed by atoms with Crippen LogP contribution in [0.5, 0.6) is 0 Å². The Labute approximate surface area is 61.8 Å². The van der Waals surface area contributed by atoms with Gasteiger partial charge in [-0.25, -0.2) is 4.39 Å². The average molecular weight is 171 g/mol. The maximum absolute atomic E-state index is 12.4. The second-order valence-electron chi connectivity index (χ2n) is 2.67. The summed E-state index contributed by atoms with van der Waals surface area (Å²) >= 11 is 0. The van der Waals surface area contributed by atoms with Crippen molar-refractivity contribution in [3.8, 4) is 0 Å². The molecule has 1 aliphatic heterocycles. The number of hydrogen-bond acceptors (Lipinski definition) is 1. The van der Waals surface area contributed by atoms with Gasteiger partial charge in [-0.15, -0.1) is 0 Å². The Balaban J connectivity index is 2.46. The van der Waals surface area contributed by atoms with Crippen LogP contribution < -0.4 is 5.32 Å². The van der Waals surface area contributed by atoms with Gasteiger partial charge in [0.2, 0.25) is 0 Å². The van der Waals surface area contributed by atoms with Gasteiger partial charge in [0.05, 0.1) is 0 Å². The van der Waals surface area contributed by atoms with Crippen LogP contribution in [0.25, 0.3) is 0 Å². The molecule has 0 spiro atoms. The zero-order valence-corrected chi connectivity index (χ0v) is 5.79. The second kappa shape index (κ2) is 2.97. The van der Waals surface area contributed by atoms with E-state index >= 15 is 0 Å². The highest BCUT2D eigenvalue weighted by atomic mass is 19.4. The molecule has 1 aliphatic rings. The van der Waals surface area contributed by atoms with Crippen LogP contribution in [0.1, 0.15) is 12.8 Å². The van der Waals surface area contributed by atoms with Crippen molar-refractivity contribution in [3.63, 3.8) is 0 Å². The number of hydrogen-bond donors (Lipinski definition) is 1. The highest BCUT2D eigenvalue weighted by Crippen LogP contribution is 2.27. The minimum absolute atomic E-state index is 0.116. The molecule has 0 radical (unpaired) electrons. The summed E-state index contributed by atoms with van der Waals surface area (Å²) in [5.41, 5.74) is 0. The molecule has 1 fully saturated rings. The van der Waals surface area contributed by atoms with E-state index in [9.17, 15) is 17.6 Å². The van der Waals surface area contributed by atoms with E-state index in [-0.39, 0.29) is 13.0 Å². The molecule has 1 saturated heterocycles. The minimum Gasteiger partial charge on any atom is -0.306 e. The number of halogens is 4. The monoisotopic (exact) mass is 171 g/mol. The number of rotatable bonds is 0. The molecule has 2 unspecified atom stereocenters. The summed E-state index contributed by atoms with van der Waals surface area (Å²) in [5.74, 6) is 0. The summed E-state index contributed by atoms with van der Waals surface area (Å²) in [6.45, 7) is 0.116. The fourth-order valence-electron chi connectivity index (χ4n) is 1.12. The molecule has 5 heteroatoms. The van der Waals surface area contributed by atoms with E-state index in [4.69, 9.17) is 0 Å². The maximum Gasteiger partial charge on any atom is 0.403 e. The van der Waals surface area contributed by atoms with Crippen LogP contribution in [0.15, 0.2) is 0 Å². The third kappa shape index (κ3) is 2.32. The third-order valence-corrected chi connectivity index (χ3v) is 1.73. The summed E-state index contributed by atoms with van der Waals surface area (Å²) in [7, 11) is 0. The molecule has 1 N–H and O–H groups in total. The van der Waals surface area contributed by atoms with Crippen molar-refractivity contribution in [2.45, 2.75) is 31.2 Å². The van der Waals surface area contributed by atoms with Crippen LogP contribution >= 0.6 is 0 Å². The van der Waals surface area contributed by atoms with Crippen LogP contribution in [-0.4, -0.2) is 24.9 Å². The van der Waals surface area contributed by atoms with Gasteiger partial charge < -0.3 is 5.32 Å². The molecule has 1 nitrogen and oxygen atoms in total. The van der Waals surface area contributed by atoms with Gasteiger partial charge in [0.1, 0.15) is 12.2 Å². The van der Waals surface area contributed by atoms with E-state index in [1.807, 2.05) is 0 Å². The van der Waals surface area contributed by atoms with E-state index < -0.39 is 24.8 Å². The fraction of sp³-hybridized carbons (Fsp3) is 1.00. The summed E-state index contributed by atoms with van der Waals surface area (Å²) in [5, 5.41) is 2.22. The number of nitrogens with one attached hydrogen (secondary N) is 1. The summed E-state index contributed by atoms with van der Waals surface area (Å²) in [6.07, 6.45) is -5.86. The Morgan fingerprint density at radius 3 is 2.27 bits per heavy atom. The lowest BCUT2D eigenvalue weighted by Gasteiger charge is -2.27. The first-order valence-corrected chi connectivity index (χ1v) is 3.44. The Morgan fingerprint density at radius 1 is 1.27 bits per heavy atom. The first kappa shape index (κ1) is 8.77. The van der Waals surface area contributed by atoms with Crippen molar-refractivity contribution < 1.29 is 17.6 Å². The molecule has 1 heterocycles. The van der Waals surface area contributed by atoms with E-state index in [1.165, 1.54) is 0 Å². The average Bonchev–Trinajstić information content (AvgIpc) is 1.86. The van der Waals surface area contributed by atoms with Gasteiger partial charge >= 0.3 is 6.18 Å². The van der Waals surface area contributed by atoms with Crippen molar-refractivity contribution >= 4 is 0 Å². The molecule has 0 amide bonds. The van der Waals surface area contributed by atoms with Gasteiger partial charge in [-0.2, -0.15) is 13.2 Å². The molecule has 0 bridgehead atoms. The lowest BCUT2D eigenvalue weighted by molar-refractivity contribution is -0.164. The Bertz CT molecular complexity index is 133. The van der Waals surface area contributed by atoms with E-state index in [1.54, 1.807) is 0 Å². The summed E-state index contributed by atoms with van der Waals surface area (Å²) < 4.78 is 48.1. The number of piperidine rings is 1. The summed E-state index contributed by atoms with van der Waals surface area (Å²) in [6, 6.07) is -1.65. The first-order valence-electron chi connectivity index (χ1n) is 3.44. The van der Waals surface area contributed by atoms with Crippen LogP contribution in [-0.2, 0) is 0 Å². The van der Waals surface area contributed by atoms with Crippen LogP contribution in [0, 0.1) is 0 Å². The summed E-state index contributed by atoms with van der Waals surface area (Å²) in [4.78, 5) is 0. The zero-order chi connectivity index (χ0) is 8.48. The zero-order valence-electron chi connectivity index (χ0n) is 5.79. The van der Waals surface area contributed by atoms with Gasteiger partial charge in [-0.3, -0.25) is 0 Å². The topological polar surface area (TPSA) is 12.0 Å². The minimum atomic E-state index is -4.30. The second-order valence-corrected chi connectivity index (χ2v) is 2.67. The lowest BCUT2D eigenvalue weighted by Crippen LogP contribution is -2.48. The molecule has 2 atom stereocenters. The lowest BCUT2D eigenvalue weighted by atomic mass is 10.0. The van der Waals surface area contributed by atoms with Gasteiger partial charge in [0, 0.05) is 6.42 Å². The molecule has 0 aliphatic carbocycles. The molecule has 11 heavy (non-hydrogen) atoms. The Hall–Kier alpha value is -0.320. The molecule has 0 aromatic heterocycles. The van der Waals surface area contributed by atoms with Crippen molar-refractivity contribution in [2.24, 2.45) is 0 Å². The van der Waals surface area contributed by atoms with Crippen LogP contribution in [0.4, 0.5) is 17.6 Å². The van der Waals surface area contributed by atoms with Gasteiger partial charge in [-0.1, -0.05) is 0 Å². The van der Waals surface area contributed by atoms with Crippen LogP contribution in [0.3, 0.4) is 0 Å². The molecule has 1 rings (SSSR count). The van der Waals surface area contributed by atoms with Gasteiger partial charge in [0.15, 0.2) is 0 Å². The van der Waals surface area contributed by atoms with Crippen LogP contribution in [0.2, 0.25) is 0 Å². The SMILES string of the molecule is FC1CCNC(C(F)(F)F)C1. The predicted molar refractivity (Wildman–Crippen MR) is 32.0 cm³/mol. The fourth-order valence-corrected chi connectivity index (χ4v) is 1.12. The standard InChI is InChI=1S/C6H9F4N/c7-4-1-2-11-5(3-4)6(8,9)10/h4-5,11H,1-3H2. The van der Waals surface area contributed by atoms with E-state index in [2.05, 4.69) is 5.32 Å². The van der Waals surface area contributed by atoms with Gasteiger partial charge in [0.25, 0.3) is 0 Å². The van der Waals surface area contributed by atoms with Crippen molar-refractivity contribution in [1.82, 2.24) is 5.32 Å². The smallest absolute Gasteiger partial charge is 0.306 e. The molecule has 0 aromatic rings. The highest BCUT2D eigenvalue weighted by molar-refractivity contribution is 4.83. The van der Waals surface area contributed by atoms with E-state index in [0.717, 1.165) is 0 Å². The highest BCUT2D eigenvalue weighted by Gasteiger charge is 2.42. The normalized spacial score (nSPS) is 33.8. The molecule has 0 saturated carbocycles. The largest absolute Gasteiger partial charge is 0.403 e. The molecular weight excluding hydrogens is 162 g/mol. The third-order valence-electron chi connectivity index (χ3n) is 1.73. The van der Waals surface area contributed by atoms with Gasteiger partial charge in [-0.05, 0) is 13.0 Å². The maximum atomic E-state index is 12.4.